The standard InChI is InChI=1S/C15H18N3O4PS/c1-20-10-6-7-11-13(9-10)24-15(17-11)18-14(12-5-4-8-16-12)23(19,21-2)22-3/h4-9,14,16H,1-3H3,(H,17,18). The lowest BCUT2D eigenvalue weighted by molar-refractivity contribution is 0.268. The molecule has 0 bridgehead atoms. The van der Waals surface area contributed by atoms with Crippen LogP contribution in [0.4, 0.5) is 5.13 Å². The molecular formula is C15H18N3O4PS. The number of aromatic amines is 1. The predicted molar refractivity (Wildman–Crippen MR) is 95.0 cm³/mol. The van der Waals surface area contributed by atoms with Crippen LogP contribution in [0.25, 0.3) is 10.2 Å². The first kappa shape index (κ1) is 17.0. The molecule has 2 heterocycles. The molecule has 3 rings (SSSR count). The van der Waals surface area contributed by atoms with Gasteiger partial charge in [-0.3, -0.25) is 4.57 Å². The van der Waals surface area contributed by atoms with Crippen LogP contribution in [0.3, 0.4) is 0 Å². The molecule has 2 N–H and O–H groups in total. The molecule has 0 spiro atoms. The van der Waals surface area contributed by atoms with E-state index in [2.05, 4.69) is 15.3 Å². The fourth-order valence-corrected chi connectivity index (χ4v) is 4.70. The molecule has 0 fully saturated rings. The lowest BCUT2D eigenvalue weighted by Gasteiger charge is -2.24. The molecule has 0 aliphatic carbocycles. The number of methoxy groups -OCH3 is 1. The summed E-state index contributed by atoms with van der Waals surface area (Å²) < 4.78 is 29.4. The Kier molecular flexibility index (Phi) is 4.91. The maximum atomic E-state index is 12.9. The minimum atomic E-state index is -3.40. The molecule has 1 atom stereocenters. The van der Waals surface area contributed by atoms with Crippen LogP contribution in [0, 0.1) is 0 Å². The molecule has 3 aromatic rings. The third-order valence-electron chi connectivity index (χ3n) is 3.60. The first-order valence-corrected chi connectivity index (χ1v) is 9.58. The van der Waals surface area contributed by atoms with E-state index >= 15 is 0 Å². The Balaban J connectivity index is 1.97. The highest BCUT2D eigenvalue weighted by Gasteiger charge is 2.37. The fraction of sp³-hybridized carbons (Fsp3) is 0.267. The summed E-state index contributed by atoms with van der Waals surface area (Å²) in [6.45, 7) is 0. The first-order chi connectivity index (χ1) is 11.6. The minimum absolute atomic E-state index is 0.618. The van der Waals surface area contributed by atoms with E-state index in [0.717, 1.165) is 16.0 Å². The quantitative estimate of drug-likeness (QED) is 0.608. The van der Waals surface area contributed by atoms with Crippen molar-refractivity contribution < 1.29 is 18.3 Å². The number of aromatic nitrogens is 2. The highest BCUT2D eigenvalue weighted by atomic mass is 32.1. The molecule has 24 heavy (non-hydrogen) atoms. The normalized spacial score (nSPS) is 13.1. The van der Waals surface area contributed by atoms with Gasteiger partial charge in [-0.1, -0.05) is 11.3 Å². The average Bonchev–Trinajstić information content (AvgIpc) is 3.27. The third kappa shape index (κ3) is 3.18. The molecule has 1 aromatic carbocycles. The van der Waals surface area contributed by atoms with E-state index in [1.807, 2.05) is 30.3 Å². The van der Waals surface area contributed by atoms with Gasteiger partial charge >= 0.3 is 7.60 Å². The SMILES string of the molecule is COc1ccc2nc(NC(c3ccc[nH]3)P(=O)(OC)OC)sc2c1. The number of hydrogen-bond acceptors (Lipinski definition) is 7. The van der Waals surface area contributed by atoms with E-state index in [9.17, 15) is 4.57 Å². The number of anilines is 1. The molecule has 0 saturated heterocycles. The average molecular weight is 367 g/mol. The van der Waals surface area contributed by atoms with Gasteiger partial charge in [0, 0.05) is 20.4 Å². The van der Waals surface area contributed by atoms with E-state index in [4.69, 9.17) is 13.8 Å². The number of nitrogens with one attached hydrogen (secondary N) is 2. The van der Waals surface area contributed by atoms with Gasteiger partial charge in [-0.05, 0) is 30.3 Å². The zero-order chi connectivity index (χ0) is 17.2. The van der Waals surface area contributed by atoms with Gasteiger partial charge in [0.15, 0.2) is 10.9 Å². The third-order valence-corrected chi connectivity index (χ3v) is 6.60. The number of fused-ring (bicyclic) bond motifs is 1. The van der Waals surface area contributed by atoms with Gasteiger partial charge in [0.05, 0.1) is 23.0 Å². The van der Waals surface area contributed by atoms with Gasteiger partial charge in [-0.2, -0.15) is 0 Å². The van der Waals surface area contributed by atoms with Crippen molar-refractivity contribution in [2.24, 2.45) is 0 Å². The zero-order valence-corrected chi connectivity index (χ0v) is 15.2. The Hall–Kier alpha value is -1.86. The van der Waals surface area contributed by atoms with Crippen molar-refractivity contribution in [2.45, 2.75) is 5.78 Å². The smallest absolute Gasteiger partial charge is 0.358 e. The monoisotopic (exact) mass is 367 g/mol. The number of rotatable bonds is 7. The van der Waals surface area contributed by atoms with Crippen LogP contribution >= 0.6 is 18.9 Å². The van der Waals surface area contributed by atoms with E-state index < -0.39 is 13.4 Å². The minimum Gasteiger partial charge on any atom is -0.497 e. The van der Waals surface area contributed by atoms with E-state index in [1.165, 1.54) is 25.6 Å². The van der Waals surface area contributed by atoms with Gasteiger partial charge in [0.1, 0.15) is 5.75 Å². The largest absolute Gasteiger partial charge is 0.497 e. The van der Waals surface area contributed by atoms with Crippen LogP contribution in [-0.4, -0.2) is 31.3 Å². The molecule has 0 amide bonds. The van der Waals surface area contributed by atoms with Crippen molar-refractivity contribution in [3.05, 3.63) is 42.2 Å². The molecule has 128 valence electrons. The zero-order valence-electron chi connectivity index (χ0n) is 13.5. The molecule has 0 aliphatic rings. The van der Waals surface area contributed by atoms with Crippen molar-refractivity contribution in [2.75, 3.05) is 26.6 Å². The summed E-state index contributed by atoms with van der Waals surface area (Å²) in [5.41, 5.74) is 1.53. The molecule has 0 radical (unpaired) electrons. The summed E-state index contributed by atoms with van der Waals surface area (Å²) in [4.78, 5) is 7.57. The fourth-order valence-electron chi connectivity index (χ4n) is 2.34. The van der Waals surface area contributed by atoms with Crippen LogP contribution in [-0.2, 0) is 13.6 Å². The Bertz CT molecular complexity index is 857. The van der Waals surface area contributed by atoms with Crippen LogP contribution < -0.4 is 10.1 Å². The van der Waals surface area contributed by atoms with Crippen LogP contribution in [0.2, 0.25) is 0 Å². The molecular weight excluding hydrogens is 349 g/mol. The van der Waals surface area contributed by atoms with Gasteiger partial charge < -0.3 is 24.1 Å². The summed E-state index contributed by atoms with van der Waals surface area (Å²) in [5, 5.41) is 3.79. The highest BCUT2D eigenvalue weighted by Crippen LogP contribution is 2.59. The first-order valence-electron chi connectivity index (χ1n) is 7.15. The number of ether oxygens (including phenoxy) is 1. The van der Waals surface area contributed by atoms with Gasteiger partial charge in [-0.25, -0.2) is 4.98 Å². The molecule has 2 aromatic heterocycles. The summed E-state index contributed by atoms with van der Waals surface area (Å²) in [6, 6.07) is 9.28. The maximum absolute atomic E-state index is 12.9. The lowest BCUT2D eigenvalue weighted by atomic mass is 10.3. The van der Waals surface area contributed by atoms with Gasteiger partial charge in [0.2, 0.25) is 0 Å². The Morgan fingerprint density at radius 1 is 1.25 bits per heavy atom. The number of H-pyrrole nitrogens is 1. The van der Waals surface area contributed by atoms with Gasteiger partial charge in [-0.15, -0.1) is 0 Å². The Morgan fingerprint density at radius 3 is 2.67 bits per heavy atom. The highest BCUT2D eigenvalue weighted by molar-refractivity contribution is 7.54. The number of nitrogens with zero attached hydrogens (tertiary/aromatic N) is 1. The Labute approximate surface area is 143 Å². The van der Waals surface area contributed by atoms with E-state index in [1.54, 1.807) is 13.3 Å². The van der Waals surface area contributed by atoms with Crippen LogP contribution in [0.15, 0.2) is 36.5 Å². The summed E-state index contributed by atoms with van der Waals surface area (Å²) in [6.07, 6.45) is 1.75. The molecule has 0 saturated carbocycles. The molecule has 9 heteroatoms. The van der Waals surface area contributed by atoms with Crippen LogP contribution in [0.5, 0.6) is 5.75 Å². The van der Waals surface area contributed by atoms with Gasteiger partial charge in [0.25, 0.3) is 0 Å². The number of hydrogen-bond donors (Lipinski definition) is 2. The molecule has 7 nitrogen and oxygen atoms in total. The van der Waals surface area contributed by atoms with E-state index in [-0.39, 0.29) is 0 Å². The molecule has 0 aliphatic heterocycles. The van der Waals surface area contributed by atoms with E-state index in [0.29, 0.717) is 10.8 Å². The van der Waals surface area contributed by atoms with Crippen molar-refractivity contribution in [1.29, 1.82) is 0 Å². The number of benzene rings is 1. The summed E-state index contributed by atoms with van der Waals surface area (Å²) >= 11 is 1.44. The second-order valence-corrected chi connectivity index (χ2v) is 8.29. The van der Waals surface area contributed by atoms with Crippen molar-refractivity contribution in [1.82, 2.24) is 9.97 Å². The number of thiazole rings is 1. The lowest BCUT2D eigenvalue weighted by Crippen LogP contribution is -2.13. The van der Waals surface area contributed by atoms with Crippen molar-refractivity contribution in [3.63, 3.8) is 0 Å². The maximum Gasteiger partial charge on any atom is 0.358 e. The van der Waals surface area contributed by atoms with Crippen molar-refractivity contribution in [3.8, 4) is 5.75 Å². The van der Waals surface area contributed by atoms with Crippen molar-refractivity contribution >= 4 is 34.3 Å². The predicted octanol–water partition coefficient (Wildman–Crippen LogP) is 4.23. The summed E-state index contributed by atoms with van der Waals surface area (Å²) in [7, 11) is 0.949. The van der Waals surface area contributed by atoms with Crippen LogP contribution in [0.1, 0.15) is 11.5 Å². The molecule has 1 unspecified atom stereocenters. The second-order valence-electron chi connectivity index (χ2n) is 4.93. The summed E-state index contributed by atoms with van der Waals surface area (Å²) in [5.74, 6) is 0.0723. The Morgan fingerprint density at radius 2 is 2.04 bits per heavy atom. The second kappa shape index (κ2) is 6.94. The topological polar surface area (TPSA) is 85.5 Å².